The molecule has 2 aliphatic heterocycles. The summed E-state index contributed by atoms with van der Waals surface area (Å²) < 4.78 is 7.11. The SMILES string of the molecule is CCn1ccc(C(=O)N2CCC(Cc3ccc(C(=O)N4CCOCC4)cc3)CC2)n1. The highest BCUT2D eigenvalue weighted by Gasteiger charge is 2.25. The third-order valence-electron chi connectivity index (χ3n) is 6.11. The molecular formula is C23H30N4O3. The zero-order valence-electron chi connectivity index (χ0n) is 17.6. The number of carbonyl (C=O) groups excluding carboxylic acids is 2. The third kappa shape index (κ3) is 4.73. The van der Waals surface area contributed by atoms with Crippen LogP contribution in [0.5, 0.6) is 0 Å². The summed E-state index contributed by atoms with van der Waals surface area (Å²) in [5.74, 6) is 0.678. The van der Waals surface area contributed by atoms with Gasteiger partial charge in [0, 0.05) is 44.5 Å². The van der Waals surface area contributed by atoms with E-state index in [1.54, 1.807) is 10.7 Å². The fourth-order valence-corrected chi connectivity index (χ4v) is 4.22. The number of ether oxygens (including phenoxy) is 1. The minimum atomic E-state index is 0.0339. The van der Waals surface area contributed by atoms with E-state index in [1.165, 1.54) is 5.56 Å². The van der Waals surface area contributed by atoms with E-state index in [0.717, 1.165) is 44.5 Å². The first-order valence-electron chi connectivity index (χ1n) is 10.9. The zero-order valence-corrected chi connectivity index (χ0v) is 17.6. The maximum Gasteiger partial charge on any atom is 0.274 e. The fraction of sp³-hybridized carbons (Fsp3) is 0.522. The molecule has 4 rings (SSSR count). The Kier molecular flexibility index (Phi) is 6.47. The number of aryl methyl sites for hydroxylation is 1. The Morgan fingerprint density at radius 3 is 2.27 bits per heavy atom. The van der Waals surface area contributed by atoms with Crippen LogP contribution in [0.4, 0.5) is 0 Å². The summed E-state index contributed by atoms with van der Waals surface area (Å²) in [4.78, 5) is 29.0. The Morgan fingerprint density at radius 2 is 1.63 bits per heavy atom. The molecular weight excluding hydrogens is 380 g/mol. The number of aromatic nitrogens is 2. The average molecular weight is 411 g/mol. The van der Waals surface area contributed by atoms with Crippen molar-refractivity contribution in [3.05, 3.63) is 53.3 Å². The van der Waals surface area contributed by atoms with Crippen molar-refractivity contribution in [2.45, 2.75) is 32.7 Å². The second-order valence-electron chi connectivity index (χ2n) is 8.10. The van der Waals surface area contributed by atoms with Crippen molar-refractivity contribution in [3.63, 3.8) is 0 Å². The smallest absolute Gasteiger partial charge is 0.274 e. The van der Waals surface area contributed by atoms with E-state index in [0.29, 0.717) is 37.9 Å². The molecule has 2 fully saturated rings. The van der Waals surface area contributed by atoms with Crippen LogP contribution in [0, 0.1) is 5.92 Å². The Morgan fingerprint density at radius 1 is 0.967 bits per heavy atom. The highest BCUT2D eigenvalue weighted by molar-refractivity contribution is 5.94. The lowest BCUT2D eigenvalue weighted by Crippen LogP contribution is -2.40. The number of rotatable bonds is 5. The normalized spacial score (nSPS) is 17.9. The van der Waals surface area contributed by atoms with E-state index in [4.69, 9.17) is 4.74 Å². The van der Waals surface area contributed by atoms with E-state index in [2.05, 4.69) is 17.2 Å². The Labute approximate surface area is 177 Å². The van der Waals surface area contributed by atoms with Crippen molar-refractivity contribution in [1.29, 1.82) is 0 Å². The van der Waals surface area contributed by atoms with Crippen LogP contribution in [-0.2, 0) is 17.7 Å². The van der Waals surface area contributed by atoms with E-state index >= 15 is 0 Å². The van der Waals surface area contributed by atoms with Crippen molar-refractivity contribution in [3.8, 4) is 0 Å². The standard InChI is InChI=1S/C23H30N4O3/c1-2-27-12-9-21(24-27)23(29)25-10-7-19(8-11-25)17-18-3-5-20(6-4-18)22(28)26-13-15-30-16-14-26/h3-6,9,12,19H,2,7-8,10-11,13-17H2,1H3. The van der Waals surface area contributed by atoms with Crippen LogP contribution in [0.25, 0.3) is 0 Å². The quantitative estimate of drug-likeness (QED) is 0.760. The molecule has 0 aliphatic carbocycles. The molecule has 1 aromatic heterocycles. The summed E-state index contributed by atoms with van der Waals surface area (Å²) in [7, 11) is 0. The number of hydrogen-bond acceptors (Lipinski definition) is 4. The number of carbonyl (C=O) groups is 2. The molecule has 0 unspecified atom stereocenters. The van der Waals surface area contributed by atoms with Crippen molar-refractivity contribution in [2.75, 3.05) is 39.4 Å². The maximum absolute atomic E-state index is 12.6. The molecule has 2 aromatic rings. The second-order valence-corrected chi connectivity index (χ2v) is 8.10. The van der Waals surface area contributed by atoms with Crippen molar-refractivity contribution in [1.82, 2.24) is 19.6 Å². The van der Waals surface area contributed by atoms with Crippen LogP contribution in [0.2, 0.25) is 0 Å². The Hall–Kier alpha value is -2.67. The molecule has 0 saturated carbocycles. The third-order valence-corrected chi connectivity index (χ3v) is 6.11. The average Bonchev–Trinajstić information content (AvgIpc) is 3.29. The summed E-state index contributed by atoms with van der Waals surface area (Å²) in [6, 6.07) is 9.83. The molecule has 0 N–H and O–H groups in total. The van der Waals surface area contributed by atoms with Crippen LogP contribution < -0.4 is 0 Å². The van der Waals surface area contributed by atoms with Gasteiger partial charge in [0.05, 0.1) is 13.2 Å². The molecule has 0 radical (unpaired) electrons. The lowest BCUT2D eigenvalue weighted by Gasteiger charge is -2.31. The number of hydrogen-bond donors (Lipinski definition) is 0. The number of likely N-dealkylation sites (tertiary alicyclic amines) is 1. The lowest BCUT2D eigenvalue weighted by molar-refractivity contribution is 0.0303. The van der Waals surface area contributed by atoms with Crippen LogP contribution >= 0.6 is 0 Å². The van der Waals surface area contributed by atoms with E-state index in [1.807, 2.05) is 35.1 Å². The van der Waals surface area contributed by atoms with Crippen molar-refractivity contribution < 1.29 is 14.3 Å². The largest absolute Gasteiger partial charge is 0.378 e. The van der Waals surface area contributed by atoms with Crippen LogP contribution in [0.15, 0.2) is 36.5 Å². The highest BCUT2D eigenvalue weighted by Crippen LogP contribution is 2.23. The summed E-state index contributed by atoms with van der Waals surface area (Å²) in [5, 5.41) is 4.33. The lowest BCUT2D eigenvalue weighted by atomic mass is 9.89. The van der Waals surface area contributed by atoms with Gasteiger partial charge in [-0.15, -0.1) is 0 Å². The number of morpholine rings is 1. The van der Waals surface area contributed by atoms with Gasteiger partial charge in [-0.05, 0) is 55.9 Å². The molecule has 2 saturated heterocycles. The minimum Gasteiger partial charge on any atom is -0.378 e. The first-order valence-corrected chi connectivity index (χ1v) is 10.9. The van der Waals surface area contributed by atoms with E-state index < -0.39 is 0 Å². The predicted octanol–water partition coefficient (Wildman–Crippen LogP) is 2.47. The van der Waals surface area contributed by atoms with E-state index in [-0.39, 0.29) is 11.8 Å². The van der Waals surface area contributed by atoms with Gasteiger partial charge < -0.3 is 14.5 Å². The highest BCUT2D eigenvalue weighted by atomic mass is 16.5. The fourth-order valence-electron chi connectivity index (χ4n) is 4.22. The molecule has 0 atom stereocenters. The van der Waals surface area contributed by atoms with Crippen LogP contribution in [-0.4, -0.2) is 70.8 Å². The first-order chi connectivity index (χ1) is 14.6. The molecule has 7 heteroatoms. The zero-order chi connectivity index (χ0) is 20.9. The maximum atomic E-state index is 12.6. The van der Waals surface area contributed by atoms with Gasteiger partial charge in [-0.1, -0.05) is 12.1 Å². The Bertz CT molecular complexity index is 863. The molecule has 0 bridgehead atoms. The van der Waals surface area contributed by atoms with E-state index in [9.17, 15) is 9.59 Å². The molecule has 2 amide bonds. The molecule has 1 aromatic carbocycles. The summed E-state index contributed by atoms with van der Waals surface area (Å²) >= 11 is 0. The van der Waals surface area contributed by atoms with Crippen molar-refractivity contribution >= 4 is 11.8 Å². The number of piperidine rings is 1. The number of benzene rings is 1. The molecule has 30 heavy (non-hydrogen) atoms. The van der Waals surface area contributed by atoms with Gasteiger partial charge >= 0.3 is 0 Å². The summed E-state index contributed by atoms with van der Waals surface area (Å²) in [6.07, 6.45) is 4.83. The molecule has 3 heterocycles. The number of amides is 2. The van der Waals surface area contributed by atoms with Gasteiger partial charge in [-0.25, -0.2) is 0 Å². The predicted molar refractivity (Wildman–Crippen MR) is 113 cm³/mol. The minimum absolute atomic E-state index is 0.0339. The topological polar surface area (TPSA) is 67.7 Å². The van der Waals surface area contributed by atoms with Gasteiger partial charge in [-0.2, -0.15) is 5.10 Å². The molecule has 2 aliphatic rings. The van der Waals surface area contributed by atoms with Crippen LogP contribution in [0.3, 0.4) is 0 Å². The molecule has 160 valence electrons. The summed E-state index contributed by atoms with van der Waals surface area (Å²) in [5.41, 5.74) is 2.53. The summed E-state index contributed by atoms with van der Waals surface area (Å²) in [6.45, 7) is 6.89. The first kappa shape index (κ1) is 20.6. The monoisotopic (exact) mass is 410 g/mol. The van der Waals surface area contributed by atoms with Gasteiger partial charge in [-0.3, -0.25) is 14.3 Å². The molecule has 0 spiro atoms. The number of nitrogens with zero attached hydrogens (tertiary/aromatic N) is 4. The Balaban J connectivity index is 1.27. The second kappa shape index (κ2) is 9.43. The van der Waals surface area contributed by atoms with Gasteiger partial charge in [0.2, 0.25) is 0 Å². The molecule has 7 nitrogen and oxygen atoms in total. The van der Waals surface area contributed by atoms with Crippen LogP contribution in [0.1, 0.15) is 46.2 Å². The van der Waals surface area contributed by atoms with Gasteiger partial charge in [0.15, 0.2) is 0 Å². The van der Waals surface area contributed by atoms with Crippen molar-refractivity contribution in [2.24, 2.45) is 5.92 Å². The van der Waals surface area contributed by atoms with Gasteiger partial charge in [0.25, 0.3) is 11.8 Å². The van der Waals surface area contributed by atoms with Gasteiger partial charge in [0.1, 0.15) is 5.69 Å².